The summed E-state index contributed by atoms with van der Waals surface area (Å²) in [5.74, 6) is -0.536. The first-order valence-corrected chi connectivity index (χ1v) is 5.81. The van der Waals surface area contributed by atoms with Crippen molar-refractivity contribution in [3.8, 4) is 0 Å². The second-order valence-corrected chi connectivity index (χ2v) is 4.08. The van der Waals surface area contributed by atoms with Crippen LogP contribution in [0.15, 0.2) is 6.07 Å². The molecule has 0 amide bonds. The Bertz CT molecular complexity index is 403. The van der Waals surface area contributed by atoms with E-state index in [2.05, 4.69) is 23.8 Å². The molecule has 1 aromatic rings. The Hall–Kier alpha value is -1.65. The van der Waals surface area contributed by atoms with Gasteiger partial charge in [-0.25, -0.2) is 14.8 Å². The van der Waals surface area contributed by atoms with Crippen LogP contribution in [0.1, 0.15) is 42.9 Å². The molecule has 1 rings (SSSR count). The highest BCUT2D eigenvalue weighted by atomic mass is 16.4. The van der Waals surface area contributed by atoms with Crippen molar-refractivity contribution in [2.75, 3.05) is 11.9 Å². The number of nitrogens with zero attached hydrogens (tertiary/aromatic N) is 3. The average Bonchev–Trinajstić information content (AvgIpc) is 2.29. The molecule has 0 aliphatic rings. The van der Waals surface area contributed by atoms with Gasteiger partial charge in [0, 0.05) is 18.8 Å². The molecule has 5 heteroatoms. The van der Waals surface area contributed by atoms with E-state index in [4.69, 9.17) is 5.11 Å². The van der Waals surface area contributed by atoms with Gasteiger partial charge in [-0.1, -0.05) is 13.8 Å². The second kappa shape index (κ2) is 5.61. The maximum Gasteiger partial charge on any atom is 0.354 e. The number of aromatic nitrogens is 2. The lowest BCUT2D eigenvalue weighted by Gasteiger charge is -2.26. The Morgan fingerprint density at radius 1 is 1.41 bits per heavy atom. The summed E-state index contributed by atoms with van der Waals surface area (Å²) >= 11 is 0. The number of carbonyl (C=O) groups is 1. The summed E-state index contributed by atoms with van der Waals surface area (Å²) in [5.41, 5.74) is 0.718. The Morgan fingerprint density at radius 3 is 2.47 bits per heavy atom. The molecular weight excluding hydrogens is 218 g/mol. The standard InChI is InChI=1S/C12H19N3O2/c1-5-9(6-2)15(4)12-13-8(3)7-10(14-12)11(16)17/h7,9H,5-6H2,1-4H3,(H,16,17). The summed E-state index contributed by atoms with van der Waals surface area (Å²) in [6.07, 6.45) is 1.96. The van der Waals surface area contributed by atoms with E-state index in [9.17, 15) is 4.79 Å². The number of carboxylic acid groups (broad SMARTS) is 1. The number of anilines is 1. The normalized spacial score (nSPS) is 10.6. The molecule has 0 aromatic carbocycles. The molecule has 0 radical (unpaired) electrons. The van der Waals surface area contributed by atoms with Crippen molar-refractivity contribution in [3.63, 3.8) is 0 Å². The summed E-state index contributed by atoms with van der Waals surface area (Å²) in [6.45, 7) is 5.97. The van der Waals surface area contributed by atoms with Crippen molar-refractivity contribution in [1.29, 1.82) is 0 Å². The SMILES string of the molecule is CCC(CC)N(C)c1nc(C)cc(C(=O)O)n1. The molecule has 0 aliphatic heterocycles. The largest absolute Gasteiger partial charge is 0.477 e. The fourth-order valence-electron chi connectivity index (χ4n) is 1.82. The van der Waals surface area contributed by atoms with Crippen LogP contribution in [0.2, 0.25) is 0 Å². The number of hydrogen-bond acceptors (Lipinski definition) is 4. The predicted molar refractivity (Wildman–Crippen MR) is 66.5 cm³/mol. The van der Waals surface area contributed by atoms with Gasteiger partial charge in [0.2, 0.25) is 5.95 Å². The number of carboxylic acids is 1. The fourth-order valence-corrected chi connectivity index (χ4v) is 1.82. The Balaban J connectivity index is 3.08. The zero-order chi connectivity index (χ0) is 13.0. The molecule has 0 fully saturated rings. The molecule has 94 valence electrons. The van der Waals surface area contributed by atoms with Gasteiger partial charge < -0.3 is 10.0 Å². The minimum absolute atomic E-state index is 0.0466. The molecule has 1 N–H and O–H groups in total. The van der Waals surface area contributed by atoms with Crippen LogP contribution in [-0.4, -0.2) is 34.1 Å². The topological polar surface area (TPSA) is 66.3 Å². The van der Waals surface area contributed by atoms with E-state index >= 15 is 0 Å². The third kappa shape index (κ3) is 3.15. The van der Waals surface area contributed by atoms with Crippen molar-refractivity contribution in [3.05, 3.63) is 17.5 Å². The van der Waals surface area contributed by atoms with Gasteiger partial charge in [-0.3, -0.25) is 0 Å². The molecule has 0 bridgehead atoms. The van der Waals surface area contributed by atoms with Crippen molar-refractivity contribution < 1.29 is 9.90 Å². The van der Waals surface area contributed by atoms with Gasteiger partial charge in [-0.15, -0.1) is 0 Å². The second-order valence-electron chi connectivity index (χ2n) is 4.08. The van der Waals surface area contributed by atoms with Gasteiger partial charge >= 0.3 is 5.97 Å². The first kappa shape index (κ1) is 13.4. The number of hydrogen-bond donors (Lipinski definition) is 1. The summed E-state index contributed by atoms with van der Waals surface area (Å²) in [4.78, 5) is 21.2. The third-order valence-electron chi connectivity index (χ3n) is 2.87. The van der Waals surface area contributed by atoms with Crippen LogP contribution < -0.4 is 4.90 Å². The molecule has 17 heavy (non-hydrogen) atoms. The van der Waals surface area contributed by atoms with E-state index < -0.39 is 5.97 Å². The van der Waals surface area contributed by atoms with Gasteiger partial charge in [-0.2, -0.15) is 0 Å². The lowest BCUT2D eigenvalue weighted by molar-refractivity contribution is 0.0690. The van der Waals surface area contributed by atoms with Crippen LogP contribution in [0.4, 0.5) is 5.95 Å². The van der Waals surface area contributed by atoms with Crippen molar-refractivity contribution >= 4 is 11.9 Å². The quantitative estimate of drug-likeness (QED) is 0.849. The zero-order valence-electron chi connectivity index (χ0n) is 10.8. The Labute approximate surface area is 102 Å². The number of aromatic carboxylic acids is 1. The van der Waals surface area contributed by atoms with Gasteiger partial charge in [-0.05, 0) is 25.8 Å². The smallest absolute Gasteiger partial charge is 0.354 e. The van der Waals surface area contributed by atoms with Gasteiger partial charge in [0.05, 0.1) is 0 Å². The van der Waals surface area contributed by atoms with E-state index in [1.165, 1.54) is 6.07 Å². The third-order valence-corrected chi connectivity index (χ3v) is 2.87. The summed E-state index contributed by atoms with van der Waals surface area (Å²) in [6, 6.07) is 1.81. The van der Waals surface area contributed by atoms with Crippen LogP contribution in [0.25, 0.3) is 0 Å². The highest BCUT2D eigenvalue weighted by molar-refractivity contribution is 5.85. The van der Waals surface area contributed by atoms with Crippen LogP contribution in [0.5, 0.6) is 0 Å². The lowest BCUT2D eigenvalue weighted by Crippen LogP contribution is -2.32. The molecule has 1 aromatic heterocycles. The zero-order valence-corrected chi connectivity index (χ0v) is 10.8. The molecule has 0 saturated heterocycles. The van der Waals surface area contributed by atoms with Crippen molar-refractivity contribution in [1.82, 2.24) is 9.97 Å². The minimum Gasteiger partial charge on any atom is -0.477 e. The van der Waals surface area contributed by atoms with Gasteiger partial charge in [0.1, 0.15) is 0 Å². The number of rotatable bonds is 5. The predicted octanol–water partition coefficient (Wildman–Crippen LogP) is 2.11. The fraction of sp³-hybridized carbons (Fsp3) is 0.583. The minimum atomic E-state index is -1.02. The van der Waals surface area contributed by atoms with E-state index in [0.29, 0.717) is 17.7 Å². The van der Waals surface area contributed by atoms with Crippen molar-refractivity contribution in [2.24, 2.45) is 0 Å². The number of aryl methyl sites for hydroxylation is 1. The first-order valence-electron chi connectivity index (χ1n) is 5.81. The van der Waals surface area contributed by atoms with Crippen molar-refractivity contribution in [2.45, 2.75) is 39.7 Å². The highest BCUT2D eigenvalue weighted by Gasteiger charge is 2.16. The van der Waals surface area contributed by atoms with Gasteiger partial charge in [0.15, 0.2) is 5.69 Å². The molecule has 0 atom stereocenters. The molecule has 5 nitrogen and oxygen atoms in total. The Kier molecular flexibility index (Phi) is 4.43. The monoisotopic (exact) mass is 237 g/mol. The molecule has 1 heterocycles. The summed E-state index contributed by atoms with van der Waals surface area (Å²) < 4.78 is 0. The molecular formula is C12H19N3O2. The Morgan fingerprint density at radius 2 is 2.00 bits per heavy atom. The van der Waals surface area contributed by atoms with E-state index in [-0.39, 0.29) is 5.69 Å². The van der Waals surface area contributed by atoms with E-state index in [0.717, 1.165) is 12.8 Å². The molecule has 0 unspecified atom stereocenters. The summed E-state index contributed by atoms with van der Waals surface area (Å²) in [5, 5.41) is 8.96. The first-order chi connectivity index (χ1) is 7.99. The van der Waals surface area contributed by atoms with Crippen LogP contribution in [0.3, 0.4) is 0 Å². The molecule has 0 aliphatic carbocycles. The van der Waals surface area contributed by atoms with Crippen LogP contribution in [-0.2, 0) is 0 Å². The maximum absolute atomic E-state index is 10.9. The molecule has 0 saturated carbocycles. The van der Waals surface area contributed by atoms with E-state index in [1.807, 2.05) is 11.9 Å². The highest BCUT2D eigenvalue weighted by Crippen LogP contribution is 2.15. The maximum atomic E-state index is 10.9. The summed E-state index contributed by atoms with van der Waals surface area (Å²) in [7, 11) is 1.90. The van der Waals surface area contributed by atoms with Crippen LogP contribution >= 0.6 is 0 Å². The molecule has 0 spiro atoms. The van der Waals surface area contributed by atoms with E-state index in [1.54, 1.807) is 6.92 Å². The van der Waals surface area contributed by atoms with Gasteiger partial charge in [0.25, 0.3) is 0 Å². The van der Waals surface area contributed by atoms with Crippen LogP contribution in [0, 0.1) is 6.92 Å². The average molecular weight is 237 g/mol. The lowest BCUT2D eigenvalue weighted by atomic mass is 10.1.